The summed E-state index contributed by atoms with van der Waals surface area (Å²) in [6.07, 6.45) is 0. The molecule has 0 saturated carbocycles. The minimum Gasteiger partial charge on any atom is -0.288 e. The molecule has 0 aliphatic heterocycles. The van der Waals surface area contributed by atoms with Crippen molar-refractivity contribution in [3.8, 4) is 0 Å². The van der Waals surface area contributed by atoms with Crippen LogP contribution in [0.25, 0.3) is 40.3 Å². The maximum Gasteiger partial charge on any atom is 0.270 e. The Labute approximate surface area is 167 Å². The van der Waals surface area contributed by atoms with Gasteiger partial charge in [-0.3, -0.25) is 29.3 Å². The SMILES string of the molecule is O=c1c2ccccc2c(=O)c2sc3c(=O)c4cc([N+](=O)[O-])ccc4c(=O)c3sc12. The first-order valence-electron chi connectivity index (χ1n) is 8.29. The number of hydrogen-bond acceptors (Lipinski definition) is 8. The summed E-state index contributed by atoms with van der Waals surface area (Å²) in [6, 6.07) is 9.86. The van der Waals surface area contributed by atoms with Crippen LogP contribution >= 0.6 is 22.7 Å². The Bertz CT molecular complexity index is 1770. The number of nitrogens with zero attached hydrogens (tertiary/aromatic N) is 1. The van der Waals surface area contributed by atoms with Gasteiger partial charge in [0.05, 0.1) is 23.7 Å². The molecule has 0 atom stereocenters. The van der Waals surface area contributed by atoms with Crippen molar-refractivity contribution in [2.75, 3.05) is 0 Å². The summed E-state index contributed by atoms with van der Waals surface area (Å²) in [6.45, 7) is 0. The lowest BCUT2D eigenvalue weighted by molar-refractivity contribution is -0.384. The molecule has 0 aliphatic carbocycles. The zero-order valence-corrected chi connectivity index (χ0v) is 15.9. The van der Waals surface area contributed by atoms with E-state index in [4.69, 9.17) is 0 Å². The van der Waals surface area contributed by atoms with Crippen LogP contribution in [0.15, 0.2) is 61.6 Å². The van der Waals surface area contributed by atoms with Crippen molar-refractivity contribution in [1.29, 1.82) is 0 Å². The first kappa shape index (κ1) is 17.5. The van der Waals surface area contributed by atoms with Crippen LogP contribution in [0.1, 0.15) is 0 Å². The summed E-state index contributed by atoms with van der Waals surface area (Å²) in [5, 5.41) is 11.5. The number of non-ortho nitro benzene ring substituents is 1. The molecule has 0 unspecified atom stereocenters. The van der Waals surface area contributed by atoms with Crippen LogP contribution in [0.3, 0.4) is 0 Å². The van der Waals surface area contributed by atoms with Crippen molar-refractivity contribution >= 4 is 68.7 Å². The average Bonchev–Trinajstić information content (AvgIpc) is 2.74. The molecule has 5 aromatic rings. The smallest absolute Gasteiger partial charge is 0.270 e. The predicted molar refractivity (Wildman–Crippen MR) is 115 cm³/mol. The Morgan fingerprint density at radius 2 is 1.03 bits per heavy atom. The molecule has 0 aliphatic rings. The Morgan fingerprint density at radius 3 is 1.48 bits per heavy atom. The Morgan fingerprint density at radius 1 is 0.621 bits per heavy atom. The van der Waals surface area contributed by atoms with E-state index in [0.29, 0.717) is 0 Å². The fourth-order valence-electron chi connectivity index (χ4n) is 3.39. The minimum absolute atomic E-state index is 0.0206. The molecule has 140 valence electrons. The first-order chi connectivity index (χ1) is 13.9. The molecule has 0 saturated heterocycles. The normalized spacial score (nSPS) is 11.6. The third-order valence-electron chi connectivity index (χ3n) is 4.77. The molecule has 5 rings (SSSR count). The fraction of sp³-hybridized carbons (Fsp3) is 0. The molecule has 0 spiro atoms. The molecule has 1 heterocycles. The molecule has 7 nitrogen and oxygen atoms in total. The van der Waals surface area contributed by atoms with Gasteiger partial charge in [-0.15, -0.1) is 22.7 Å². The molecule has 0 fully saturated rings. The van der Waals surface area contributed by atoms with Crippen LogP contribution in [0, 0.1) is 10.1 Å². The van der Waals surface area contributed by atoms with Crippen molar-refractivity contribution in [2.24, 2.45) is 0 Å². The molecule has 0 amide bonds. The van der Waals surface area contributed by atoms with Crippen LogP contribution in [-0.4, -0.2) is 4.92 Å². The van der Waals surface area contributed by atoms with Gasteiger partial charge in [0, 0.05) is 33.7 Å². The van der Waals surface area contributed by atoms with Gasteiger partial charge in [-0.2, -0.15) is 0 Å². The third-order valence-corrected chi connectivity index (χ3v) is 7.40. The summed E-state index contributed by atoms with van der Waals surface area (Å²) in [5.74, 6) is 0. The van der Waals surface area contributed by atoms with Crippen molar-refractivity contribution < 1.29 is 4.92 Å². The number of hydrogen-bond donors (Lipinski definition) is 0. The highest BCUT2D eigenvalue weighted by atomic mass is 32.1. The topological polar surface area (TPSA) is 111 Å². The van der Waals surface area contributed by atoms with Gasteiger partial charge >= 0.3 is 0 Å². The highest BCUT2D eigenvalue weighted by molar-refractivity contribution is 7.36. The maximum atomic E-state index is 13.0. The van der Waals surface area contributed by atoms with E-state index in [1.165, 1.54) is 6.07 Å². The Kier molecular flexibility index (Phi) is 3.61. The zero-order chi connectivity index (χ0) is 20.4. The van der Waals surface area contributed by atoms with Crippen molar-refractivity contribution in [3.63, 3.8) is 0 Å². The van der Waals surface area contributed by atoms with Gasteiger partial charge in [-0.05, 0) is 6.07 Å². The first-order valence-corrected chi connectivity index (χ1v) is 9.92. The fourth-order valence-corrected chi connectivity index (χ4v) is 5.85. The van der Waals surface area contributed by atoms with E-state index in [0.717, 1.165) is 34.8 Å². The summed E-state index contributed by atoms with van der Waals surface area (Å²) in [4.78, 5) is 62.1. The second-order valence-electron chi connectivity index (χ2n) is 6.37. The summed E-state index contributed by atoms with van der Waals surface area (Å²) < 4.78 is 0.323. The molecular weight excluding hydrogens is 414 g/mol. The highest BCUT2D eigenvalue weighted by Crippen LogP contribution is 2.29. The van der Waals surface area contributed by atoms with Crippen LogP contribution in [0.2, 0.25) is 0 Å². The van der Waals surface area contributed by atoms with E-state index in [1.807, 2.05) is 0 Å². The third kappa shape index (κ3) is 2.35. The molecule has 4 aromatic carbocycles. The van der Waals surface area contributed by atoms with Crippen LogP contribution < -0.4 is 21.7 Å². The molecular formula is C20H7NO6S2. The lowest BCUT2D eigenvalue weighted by atomic mass is 10.1. The second kappa shape index (κ2) is 5.97. The minimum atomic E-state index is -0.647. The monoisotopic (exact) mass is 421 g/mol. The summed E-state index contributed by atoms with van der Waals surface area (Å²) >= 11 is 1.62. The number of nitro benzene ring substituents is 1. The van der Waals surface area contributed by atoms with Gasteiger partial charge in [-0.1, -0.05) is 24.3 Å². The standard InChI is InChI=1S/C20H7NO6S2/c22-13-9-3-1-2-4-10(9)14(23)18-17(13)28-19-15(24)11-6-5-8(21(26)27)7-12(11)16(25)20(19)29-18/h1-7H. The Hall–Kier alpha value is -3.56. The van der Waals surface area contributed by atoms with Gasteiger partial charge in [0.25, 0.3) is 5.69 Å². The molecule has 0 radical (unpaired) electrons. The number of fused-ring (bicyclic) bond motifs is 4. The lowest BCUT2D eigenvalue weighted by Crippen LogP contribution is -2.15. The Balaban J connectivity index is 2.07. The molecule has 0 bridgehead atoms. The van der Waals surface area contributed by atoms with Crippen molar-refractivity contribution in [2.45, 2.75) is 0 Å². The van der Waals surface area contributed by atoms with Crippen molar-refractivity contribution in [3.05, 3.63) is 93.5 Å². The quantitative estimate of drug-likeness (QED) is 0.233. The van der Waals surface area contributed by atoms with Gasteiger partial charge in [0.1, 0.15) is 0 Å². The van der Waals surface area contributed by atoms with Gasteiger partial charge in [-0.25, -0.2) is 0 Å². The summed E-state index contributed by atoms with van der Waals surface area (Å²) in [7, 11) is 0. The van der Waals surface area contributed by atoms with Gasteiger partial charge < -0.3 is 0 Å². The molecule has 29 heavy (non-hydrogen) atoms. The van der Waals surface area contributed by atoms with Crippen molar-refractivity contribution in [1.82, 2.24) is 0 Å². The average molecular weight is 421 g/mol. The van der Waals surface area contributed by atoms with E-state index in [1.54, 1.807) is 24.3 Å². The van der Waals surface area contributed by atoms with E-state index in [-0.39, 0.29) is 56.9 Å². The van der Waals surface area contributed by atoms with E-state index >= 15 is 0 Å². The van der Waals surface area contributed by atoms with E-state index in [2.05, 4.69) is 0 Å². The molecule has 9 heteroatoms. The largest absolute Gasteiger partial charge is 0.288 e. The van der Waals surface area contributed by atoms with Gasteiger partial charge in [0.15, 0.2) is 0 Å². The summed E-state index contributed by atoms with van der Waals surface area (Å²) in [5.41, 5.74) is -2.12. The molecule has 1 aromatic heterocycles. The van der Waals surface area contributed by atoms with Crippen LogP contribution in [-0.2, 0) is 0 Å². The van der Waals surface area contributed by atoms with E-state index in [9.17, 15) is 29.3 Å². The van der Waals surface area contributed by atoms with Crippen LogP contribution in [0.5, 0.6) is 0 Å². The van der Waals surface area contributed by atoms with Gasteiger partial charge in [0.2, 0.25) is 21.7 Å². The van der Waals surface area contributed by atoms with E-state index < -0.39 is 15.8 Å². The lowest BCUT2D eigenvalue weighted by Gasteiger charge is -2.03. The zero-order valence-electron chi connectivity index (χ0n) is 14.3. The van der Waals surface area contributed by atoms with Crippen LogP contribution in [0.4, 0.5) is 5.69 Å². The number of benzene rings is 4. The highest BCUT2D eigenvalue weighted by Gasteiger charge is 2.19. The predicted octanol–water partition coefficient (Wildman–Crippen LogP) is 3.21. The number of rotatable bonds is 1. The molecule has 0 N–H and O–H groups in total. The maximum absolute atomic E-state index is 13.0. The second-order valence-corrected chi connectivity index (χ2v) is 8.41. The number of nitro groups is 1.